The maximum Gasteiger partial charge on any atom is 0.164 e. The highest BCUT2D eigenvalue weighted by atomic mass is 127. The molecule has 2 nitrogen and oxygen atoms in total. The van der Waals surface area contributed by atoms with Gasteiger partial charge in [-0.2, -0.15) is 0 Å². The van der Waals surface area contributed by atoms with Gasteiger partial charge in [-0.05, 0) is 46.7 Å². The fourth-order valence-electron chi connectivity index (χ4n) is 2.03. The molecule has 1 aromatic carbocycles. The minimum atomic E-state index is 0.402. The summed E-state index contributed by atoms with van der Waals surface area (Å²) in [6.45, 7) is 3.00. The van der Waals surface area contributed by atoms with Crippen molar-refractivity contribution in [3.05, 3.63) is 57.6 Å². The Morgan fingerprint density at radius 1 is 1.17 bits per heavy atom. The van der Waals surface area contributed by atoms with Gasteiger partial charge in [-0.3, -0.25) is 0 Å². The number of benzene rings is 1. The molecule has 1 aromatic heterocycles. The van der Waals surface area contributed by atoms with Crippen LogP contribution >= 0.6 is 22.6 Å². The Labute approximate surface area is 122 Å². The van der Waals surface area contributed by atoms with Crippen LogP contribution in [0.2, 0.25) is 0 Å². The molecule has 1 unspecified atom stereocenters. The van der Waals surface area contributed by atoms with Crippen molar-refractivity contribution in [1.29, 1.82) is 0 Å². The van der Waals surface area contributed by atoms with Gasteiger partial charge in [0.1, 0.15) is 5.76 Å². The maximum atomic E-state index is 5.57. The van der Waals surface area contributed by atoms with Crippen molar-refractivity contribution >= 4 is 22.6 Å². The van der Waals surface area contributed by atoms with Gasteiger partial charge >= 0.3 is 0 Å². The highest BCUT2D eigenvalue weighted by Crippen LogP contribution is 2.19. The fourth-order valence-corrected chi connectivity index (χ4v) is 2.49. The van der Waals surface area contributed by atoms with E-state index in [2.05, 4.69) is 65.2 Å². The number of furan rings is 1. The van der Waals surface area contributed by atoms with Crippen molar-refractivity contribution in [1.82, 2.24) is 5.32 Å². The predicted octanol–water partition coefficient (Wildman–Crippen LogP) is 4.52. The van der Waals surface area contributed by atoms with Crippen molar-refractivity contribution in [2.45, 2.75) is 32.4 Å². The minimum Gasteiger partial charge on any atom is -0.454 e. The first-order chi connectivity index (χ1) is 8.79. The number of nitrogens with one attached hydrogen (secondary N) is 1. The zero-order valence-corrected chi connectivity index (χ0v) is 12.7. The molecule has 1 atom stereocenters. The quantitative estimate of drug-likeness (QED) is 0.771. The molecule has 0 aliphatic rings. The molecular weight excluding hydrogens is 337 g/mol. The summed E-state index contributed by atoms with van der Waals surface area (Å²) in [6, 6.07) is 15.0. The van der Waals surface area contributed by atoms with E-state index in [4.69, 9.17) is 4.42 Å². The molecule has 2 rings (SSSR count). The van der Waals surface area contributed by atoms with Gasteiger partial charge in [-0.25, -0.2) is 0 Å². The van der Waals surface area contributed by atoms with E-state index in [0.717, 1.165) is 22.5 Å². The third kappa shape index (κ3) is 3.85. The number of rotatable bonds is 6. The fraction of sp³-hybridized carbons (Fsp3) is 0.333. The average Bonchev–Trinajstić information content (AvgIpc) is 2.81. The lowest BCUT2D eigenvalue weighted by Gasteiger charge is -2.17. The number of hydrogen-bond acceptors (Lipinski definition) is 2. The normalized spacial score (nSPS) is 12.6. The van der Waals surface area contributed by atoms with Crippen LogP contribution in [0.5, 0.6) is 0 Å². The van der Waals surface area contributed by atoms with Gasteiger partial charge in [-0.15, -0.1) is 0 Å². The molecule has 0 amide bonds. The van der Waals surface area contributed by atoms with Crippen molar-refractivity contribution in [3.63, 3.8) is 0 Å². The zero-order valence-electron chi connectivity index (χ0n) is 10.5. The van der Waals surface area contributed by atoms with Crippen LogP contribution in [0.4, 0.5) is 0 Å². The molecule has 0 fully saturated rings. The first-order valence-corrected chi connectivity index (χ1v) is 7.40. The van der Waals surface area contributed by atoms with E-state index in [-0.39, 0.29) is 0 Å². The summed E-state index contributed by atoms with van der Waals surface area (Å²) in [5.74, 6) is 0.997. The Hall–Kier alpha value is -0.810. The maximum absolute atomic E-state index is 5.57. The van der Waals surface area contributed by atoms with Crippen molar-refractivity contribution < 1.29 is 4.42 Å². The second-order valence-electron chi connectivity index (χ2n) is 4.34. The Balaban J connectivity index is 1.98. The molecule has 0 bridgehead atoms. The summed E-state index contributed by atoms with van der Waals surface area (Å²) in [7, 11) is 0. The van der Waals surface area contributed by atoms with Gasteiger partial charge in [0.25, 0.3) is 0 Å². The third-order valence-corrected chi connectivity index (χ3v) is 3.51. The lowest BCUT2D eigenvalue weighted by Crippen LogP contribution is -2.20. The highest BCUT2D eigenvalue weighted by Gasteiger charge is 2.10. The van der Waals surface area contributed by atoms with Crippen LogP contribution in [0, 0.1) is 3.77 Å². The molecule has 1 N–H and O–H groups in total. The summed E-state index contributed by atoms with van der Waals surface area (Å²) in [5, 5.41) is 3.57. The van der Waals surface area contributed by atoms with Crippen molar-refractivity contribution in [2.24, 2.45) is 0 Å². The van der Waals surface area contributed by atoms with E-state index in [1.54, 1.807) is 0 Å². The molecule has 0 radical (unpaired) electrons. The summed E-state index contributed by atoms with van der Waals surface area (Å²) in [4.78, 5) is 0. The molecule has 0 spiro atoms. The molecule has 0 aliphatic carbocycles. The number of halogens is 1. The average molecular weight is 355 g/mol. The molecule has 0 aliphatic heterocycles. The van der Waals surface area contributed by atoms with Crippen LogP contribution in [-0.2, 0) is 6.54 Å². The first-order valence-electron chi connectivity index (χ1n) is 6.32. The largest absolute Gasteiger partial charge is 0.454 e. The SMILES string of the molecule is CCCC(NCc1ccc(I)o1)c1ccccc1. The second-order valence-corrected chi connectivity index (χ2v) is 5.40. The Bertz CT molecular complexity index is 466. The molecule has 1 heterocycles. The minimum absolute atomic E-state index is 0.402. The molecule has 96 valence electrons. The molecule has 0 saturated heterocycles. The van der Waals surface area contributed by atoms with Crippen LogP contribution in [0.25, 0.3) is 0 Å². The van der Waals surface area contributed by atoms with E-state index < -0.39 is 0 Å². The second kappa shape index (κ2) is 6.95. The van der Waals surface area contributed by atoms with Gasteiger partial charge in [0, 0.05) is 6.04 Å². The van der Waals surface area contributed by atoms with Crippen LogP contribution < -0.4 is 5.32 Å². The highest BCUT2D eigenvalue weighted by molar-refractivity contribution is 14.1. The zero-order chi connectivity index (χ0) is 12.8. The lowest BCUT2D eigenvalue weighted by atomic mass is 10.0. The van der Waals surface area contributed by atoms with Gasteiger partial charge < -0.3 is 9.73 Å². The van der Waals surface area contributed by atoms with E-state index in [9.17, 15) is 0 Å². The van der Waals surface area contributed by atoms with Crippen LogP contribution in [0.1, 0.15) is 37.1 Å². The molecule has 18 heavy (non-hydrogen) atoms. The molecule has 3 heteroatoms. The van der Waals surface area contributed by atoms with Crippen LogP contribution in [0.15, 0.2) is 46.9 Å². The molecular formula is C15H18INO. The first kappa shape index (κ1) is 13.6. The van der Waals surface area contributed by atoms with Gasteiger partial charge in [0.05, 0.1) is 6.54 Å². The van der Waals surface area contributed by atoms with Crippen LogP contribution in [-0.4, -0.2) is 0 Å². The van der Waals surface area contributed by atoms with Gasteiger partial charge in [0.2, 0.25) is 0 Å². The topological polar surface area (TPSA) is 25.2 Å². The molecule has 2 aromatic rings. The smallest absolute Gasteiger partial charge is 0.164 e. The molecule has 0 saturated carbocycles. The van der Waals surface area contributed by atoms with Crippen LogP contribution in [0.3, 0.4) is 0 Å². The summed E-state index contributed by atoms with van der Waals surface area (Å²) in [5.41, 5.74) is 1.35. The monoisotopic (exact) mass is 355 g/mol. The Kier molecular flexibility index (Phi) is 5.26. The van der Waals surface area contributed by atoms with E-state index in [1.165, 1.54) is 12.0 Å². The van der Waals surface area contributed by atoms with Gasteiger partial charge in [-0.1, -0.05) is 43.7 Å². The Morgan fingerprint density at radius 3 is 2.56 bits per heavy atom. The lowest BCUT2D eigenvalue weighted by molar-refractivity contribution is 0.423. The standard InChI is InChI=1S/C15H18INO/c1-2-6-14(12-7-4-3-5-8-12)17-11-13-9-10-15(16)18-13/h3-5,7-10,14,17H,2,6,11H2,1H3. The van der Waals surface area contributed by atoms with Crippen molar-refractivity contribution in [2.75, 3.05) is 0 Å². The van der Waals surface area contributed by atoms with E-state index >= 15 is 0 Å². The summed E-state index contributed by atoms with van der Waals surface area (Å²) >= 11 is 2.19. The summed E-state index contributed by atoms with van der Waals surface area (Å²) in [6.07, 6.45) is 2.31. The summed E-state index contributed by atoms with van der Waals surface area (Å²) < 4.78 is 6.51. The van der Waals surface area contributed by atoms with Crippen molar-refractivity contribution in [3.8, 4) is 0 Å². The van der Waals surface area contributed by atoms with E-state index in [0.29, 0.717) is 6.04 Å². The number of hydrogen-bond donors (Lipinski definition) is 1. The van der Waals surface area contributed by atoms with E-state index in [1.807, 2.05) is 12.1 Å². The Morgan fingerprint density at radius 2 is 1.94 bits per heavy atom. The third-order valence-electron chi connectivity index (χ3n) is 2.93. The predicted molar refractivity (Wildman–Crippen MR) is 82.4 cm³/mol. The van der Waals surface area contributed by atoms with Gasteiger partial charge in [0.15, 0.2) is 3.77 Å².